The molecule has 1 amide bonds. The van der Waals surface area contributed by atoms with Crippen molar-refractivity contribution in [2.45, 2.75) is 6.54 Å². The lowest BCUT2D eigenvalue weighted by Gasteiger charge is -2.17. The Kier molecular flexibility index (Phi) is 5.43. The monoisotopic (exact) mass is 348 g/mol. The third-order valence-corrected chi connectivity index (χ3v) is 3.84. The van der Waals surface area contributed by atoms with Gasteiger partial charge in [-0.25, -0.2) is 9.97 Å². The second kappa shape index (κ2) is 8.11. The minimum Gasteiger partial charge on any atom is -0.495 e. The van der Waals surface area contributed by atoms with Gasteiger partial charge in [-0.1, -0.05) is 42.5 Å². The van der Waals surface area contributed by atoms with E-state index < -0.39 is 0 Å². The highest BCUT2D eigenvalue weighted by Gasteiger charge is 2.15. The van der Waals surface area contributed by atoms with Gasteiger partial charge in [0.2, 0.25) is 5.95 Å². The number of amides is 1. The van der Waals surface area contributed by atoms with Crippen LogP contribution < -0.4 is 10.1 Å². The van der Waals surface area contributed by atoms with E-state index in [-0.39, 0.29) is 5.91 Å². The molecule has 0 atom stereocenters. The van der Waals surface area contributed by atoms with Crippen LogP contribution in [0.15, 0.2) is 66.9 Å². The van der Waals surface area contributed by atoms with Crippen molar-refractivity contribution in [1.29, 1.82) is 0 Å². The molecule has 0 bridgehead atoms. The van der Waals surface area contributed by atoms with Crippen molar-refractivity contribution in [3.05, 3.63) is 78.1 Å². The number of rotatable bonds is 6. The normalized spacial score (nSPS) is 10.2. The molecule has 0 aliphatic carbocycles. The molecule has 1 N–H and O–H groups in total. The van der Waals surface area contributed by atoms with Crippen LogP contribution in [0.25, 0.3) is 0 Å². The van der Waals surface area contributed by atoms with Crippen LogP contribution >= 0.6 is 0 Å². The number of aromatic nitrogens is 2. The Morgan fingerprint density at radius 3 is 2.58 bits per heavy atom. The van der Waals surface area contributed by atoms with Crippen molar-refractivity contribution in [3.8, 4) is 5.75 Å². The zero-order valence-electron chi connectivity index (χ0n) is 14.7. The lowest BCUT2D eigenvalue weighted by molar-refractivity contribution is 0.0779. The van der Waals surface area contributed by atoms with Gasteiger partial charge in [-0.2, -0.15) is 0 Å². The predicted octanol–water partition coefficient (Wildman–Crippen LogP) is 3.50. The van der Waals surface area contributed by atoms with E-state index in [0.717, 1.165) is 11.3 Å². The summed E-state index contributed by atoms with van der Waals surface area (Å²) in [4.78, 5) is 22.8. The molecule has 0 unspecified atom stereocenters. The number of ether oxygens (including phenoxy) is 1. The number of hydrogen-bond acceptors (Lipinski definition) is 5. The summed E-state index contributed by atoms with van der Waals surface area (Å²) in [7, 11) is 3.35. The van der Waals surface area contributed by atoms with Crippen LogP contribution in [-0.4, -0.2) is 34.9 Å². The van der Waals surface area contributed by atoms with Crippen LogP contribution in [0.4, 0.5) is 11.6 Å². The van der Waals surface area contributed by atoms with Gasteiger partial charge in [-0.05, 0) is 23.8 Å². The van der Waals surface area contributed by atoms with Gasteiger partial charge in [0.1, 0.15) is 11.4 Å². The maximum absolute atomic E-state index is 12.7. The quantitative estimate of drug-likeness (QED) is 0.738. The number of anilines is 2. The molecule has 3 rings (SSSR count). The molecule has 6 nitrogen and oxygen atoms in total. The van der Waals surface area contributed by atoms with E-state index in [1.54, 1.807) is 31.3 Å². The lowest BCUT2D eigenvalue weighted by Crippen LogP contribution is -2.27. The Bertz CT molecular complexity index is 884. The van der Waals surface area contributed by atoms with Crippen molar-refractivity contribution in [1.82, 2.24) is 14.9 Å². The molecule has 132 valence electrons. The molecule has 1 heterocycles. The van der Waals surface area contributed by atoms with E-state index in [1.165, 1.54) is 0 Å². The summed E-state index contributed by atoms with van der Waals surface area (Å²) in [5.74, 6) is 0.849. The average Bonchev–Trinajstić information content (AvgIpc) is 2.69. The highest BCUT2D eigenvalue weighted by molar-refractivity contribution is 5.92. The predicted molar refractivity (Wildman–Crippen MR) is 101 cm³/mol. The zero-order valence-corrected chi connectivity index (χ0v) is 14.7. The maximum atomic E-state index is 12.7. The smallest absolute Gasteiger partial charge is 0.272 e. The van der Waals surface area contributed by atoms with Gasteiger partial charge in [-0.15, -0.1) is 0 Å². The molecular weight excluding hydrogens is 328 g/mol. The van der Waals surface area contributed by atoms with E-state index in [9.17, 15) is 4.79 Å². The number of carbonyl (C=O) groups excluding carboxylic acids is 1. The number of hydrogen-bond donors (Lipinski definition) is 1. The summed E-state index contributed by atoms with van der Waals surface area (Å²) < 4.78 is 5.31. The SMILES string of the molecule is COc1ccccc1Nc1nccc(C(=O)N(C)Cc2ccccc2)n1. The molecule has 0 spiro atoms. The molecule has 6 heteroatoms. The van der Waals surface area contributed by atoms with Crippen LogP contribution in [-0.2, 0) is 6.54 Å². The number of methoxy groups -OCH3 is 1. The number of carbonyl (C=O) groups is 1. The summed E-state index contributed by atoms with van der Waals surface area (Å²) >= 11 is 0. The van der Waals surface area contributed by atoms with Gasteiger partial charge in [0.15, 0.2) is 0 Å². The van der Waals surface area contributed by atoms with E-state index in [2.05, 4.69) is 15.3 Å². The van der Waals surface area contributed by atoms with Crippen LogP contribution in [0.1, 0.15) is 16.1 Å². The summed E-state index contributed by atoms with van der Waals surface area (Å²) in [5, 5.41) is 3.09. The van der Waals surface area contributed by atoms with Crippen molar-refractivity contribution in [2.24, 2.45) is 0 Å². The molecular formula is C20H20N4O2. The van der Waals surface area contributed by atoms with E-state index in [4.69, 9.17) is 4.74 Å². The first-order chi connectivity index (χ1) is 12.7. The molecule has 0 aliphatic heterocycles. The largest absolute Gasteiger partial charge is 0.495 e. The molecule has 1 aromatic heterocycles. The third-order valence-electron chi connectivity index (χ3n) is 3.84. The van der Waals surface area contributed by atoms with Crippen LogP contribution in [0.5, 0.6) is 5.75 Å². The van der Waals surface area contributed by atoms with Gasteiger partial charge >= 0.3 is 0 Å². The number of benzene rings is 2. The topological polar surface area (TPSA) is 67.3 Å². The van der Waals surface area contributed by atoms with Gasteiger partial charge in [0.25, 0.3) is 5.91 Å². The fourth-order valence-corrected chi connectivity index (χ4v) is 2.53. The van der Waals surface area contributed by atoms with E-state index in [1.807, 2.05) is 54.6 Å². The van der Waals surface area contributed by atoms with Crippen molar-refractivity contribution < 1.29 is 9.53 Å². The summed E-state index contributed by atoms with van der Waals surface area (Å²) in [6.07, 6.45) is 1.56. The summed E-state index contributed by atoms with van der Waals surface area (Å²) in [5.41, 5.74) is 2.12. The van der Waals surface area contributed by atoms with Gasteiger partial charge in [-0.3, -0.25) is 4.79 Å². The molecule has 0 aliphatic rings. The molecule has 26 heavy (non-hydrogen) atoms. The second-order valence-electron chi connectivity index (χ2n) is 5.74. The maximum Gasteiger partial charge on any atom is 0.272 e. The van der Waals surface area contributed by atoms with Gasteiger partial charge in [0, 0.05) is 19.8 Å². The first kappa shape index (κ1) is 17.4. The minimum absolute atomic E-state index is 0.167. The van der Waals surface area contributed by atoms with E-state index in [0.29, 0.717) is 23.9 Å². The van der Waals surface area contributed by atoms with Gasteiger partial charge in [0.05, 0.1) is 12.8 Å². The van der Waals surface area contributed by atoms with E-state index >= 15 is 0 Å². The van der Waals surface area contributed by atoms with Crippen molar-refractivity contribution >= 4 is 17.5 Å². The minimum atomic E-state index is -0.167. The Balaban J connectivity index is 1.75. The molecule has 0 saturated heterocycles. The molecule has 0 radical (unpaired) electrons. The Hall–Kier alpha value is -3.41. The number of nitrogens with zero attached hydrogens (tertiary/aromatic N) is 3. The van der Waals surface area contributed by atoms with Crippen LogP contribution in [0.3, 0.4) is 0 Å². The second-order valence-corrected chi connectivity index (χ2v) is 5.74. The van der Waals surface area contributed by atoms with Crippen molar-refractivity contribution in [3.63, 3.8) is 0 Å². The Morgan fingerprint density at radius 2 is 1.81 bits per heavy atom. The lowest BCUT2D eigenvalue weighted by atomic mass is 10.2. The third kappa shape index (κ3) is 4.16. The first-order valence-corrected chi connectivity index (χ1v) is 8.20. The van der Waals surface area contributed by atoms with Gasteiger partial charge < -0.3 is 15.0 Å². The molecule has 0 fully saturated rings. The summed E-state index contributed by atoms with van der Waals surface area (Å²) in [6, 6.07) is 18.9. The highest BCUT2D eigenvalue weighted by Crippen LogP contribution is 2.25. The molecule has 0 saturated carbocycles. The zero-order chi connectivity index (χ0) is 18.4. The Labute approximate surface area is 152 Å². The van der Waals surface area contributed by atoms with Crippen molar-refractivity contribution in [2.75, 3.05) is 19.5 Å². The number of para-hydroxylation sites is 2. The highest BCUT2D eigenvalue weighted by atomic mass is 16.5. The average molecular weight is 348 g/mol. The van der Waals surface area contributed by atoms with Crippen LogP contribution in [0.2, 0.25) is 0 Å². The fraction of sp³-hybridized carbons (Fsp3) is 0.150. The molecule has 2 aromatic carbocycles. The summed E-state index contributed by atoms with van der Waals surface area (Å²) in [6.45, 7) is 0.513. The standard InChI is InChI=1S/C20H20N4O2/c1-24(14-15-8-4-3-5-9-15)19(25)17-12-13-21-20(23-17)22-16-10-6-7-11-18(16)26-2/h3-13H,14H2,1-2H3,(H,21,22,23). The number of nitrogens with one attached hydrogen (secondary N) is 1. The first-order valence-electron chi connectivity index (χ1n) is 8.20. The fourth-order valence-electron chi connectivity index (χ4n) is 2.53. The Morgan fingerprint density at radius 1 is 1.08 bits per heavy atom. The molecule has 3 aromatic rings. The van der Waals surface area contributed by atoms with Crippen LogP contribution in [0, 0.1) is 0 Å².